The molecule has 116 valence electrons. The molecule has 5 heteroatoms. The Balaban J connectivity index is 2.07. The Bertz CT molecular complexity index is 301. The molecule has 0 aliphatic carbocycles. The number of unbranched alkanes of at least 4 members (excludes halogenated alkanes) is 4. The summed E-state index contributed by atoms with van der Waals surface area (Å²) in [6.07, 6.45) is 8.66. The van der Waals surface area contributed by atoms with Crippen LogP contribution in [-0.4, -0.2) is 41.5 Å². The Kier molecular flexibility index (Phi) is 8.78. The Hall–Kier alpha value is -0.680. The normalized spacial score (nSPS) is 17.1. The minimum absolute atomic E-state index is 0.217. The van der Waals surface area contributed by atoms with Gasteiger partial charge in [0, 0.05) is 32.1 Å². The molecular formula is C15H29N3OS. The lowest BCUT2D eigenvalue weighted by molar-refractivity contribution is -0.122. The highest BCUT2D eigenvalue weighted by atomic mass is 32.1. The maximum absolute atomic E-state index is 11.8. The van der Waals surface area contributed by atoms with Crippen molar-refractivity contribution in [1.82, 2.24) is 10.2 Å². The number of piperidine rings is 1. The maximum atomic E-state index is 11.8. The third-order valence-electron chi connectivity index (χ3n) is 3.84. The number of hydrogen-bond acceptors (Lipinski definition) is 3. The van der Waals surface area contributed by atoms with Crippen LogP contribution in [-0.2, 0) is 4.79 Å². The molecule has 4 nitrogen and oxygen atoms in total. The third-order valence-corrected chi connectivity index (χ3v) is 3.97. The Morgan fingerprint density at radius 2 is 1.90 bits per heavy atom. The van der Waals surface area contributed by atoms with Crippen molar-refractivity contribution in [3.63, 3.8) is 0 Å². The van der Waals surface area contributed by atoms with Crippen LogP contribution in [0.25, 0.3) is 0 Å². The second-order valence-electron chi connectivity index (χ2n) is 5.75. The van der Waals surface area contributed by atoms with E-state index in [2.05, 4.69) is 17.1 Å². The summed E-state index contributed by atoms with van der Waals surface area (Å²) in [7, 11) is 0. The first-order valence-corrected chi connectivity index (χ1v) is 8.32. The molecule has 3 N–H and O–H groups in total. The number of carbonyl (C=O) groups is 1. The number of carbonyl (C=O) groups excluding carboxylic acids is 1. The van der Waals surface area contributed by atoms with Crippen molar-refractivity contribution in [2.45, 2.75) is 64.3 Å². The van der Waals surface area contributed by atoms with E-state index in [0.29, 0.717) is 24.0 Å². The highest BCUT2D eigenvalue weighted by Gasteiger charge is 2.20. The molecule has 20 heavy (non-hydrogen) atoms. The molecule has 1 saturated heterocycles. The van der Waals surface area contributed by atoms with Gasteiger partial charge < -0.3 is 11.1 Å². The fraction of sp³-hybridized carbons (Fsp3) is 0.867. The zero-order chi connectivity index (χ0) is 14.8. The molecule has 1 fully saturated rings. The van der Waals surface area contributed by atoms with E-state index in [1.54, 1.807) is 0 Å². The first kappa shape index (κ1) is 17.4. The van der Waals surface area contributed by atoms with E-state index in [0.717, 1.165) is 32.4 Å². The molecule has 0 atom stereocenters. The summed E-state index contributed by atoms with van der Waals surface area (Å²) < 4.78 is 0. The molecule has 0 radical (unpaired) electrons. The predicted molar refractivity (Wildman–Crippen MR) is 87.8 cm³/mol. The van der Waals surface area contributed by atoms with Gasteiger partial charge in [0.2, 0.25) is 5.91 Å². The minimum atomic E-state index is 0.217. The first-order valence-electron chi connectivity index (χ1n) is 7.91. The molecular weight excluding hydrogens is 270 g/mol. The van der Waals surface area contributed by atoms with E-state index in [1.165, 1.54) is 25.7 Å². The van der Waals surface area contributed by atoms with Crippen molar-refractivity contribution in [3.8, 4) is 0 Å². The summed E-state index contributed by atoms with van der Waals surface area (Å²) in [5.74, 6) is 0.217. The number of amides is 1. The zero-order valence-electron chi connectivity index (χ0n) is 12.7. The fourth-order valence-electron chi connectivity index (χ4n) is 2.64. The van der Waals surface area contributed by atoms with Crippen LogP contribution in [0.3, 0.4) is 0 Å². The quantitative estimate of drug-likeness (QED) is 0.506. The number of nitrogens with one attached hydrogen (secondary N) is 1. The van der Waals surface area contributed by atoms with E-state index >= 15 is 0 Å². The number of rotatable bonds is 9. The minimum Gasteiger partial charge on any atom is -0.392 e. The lowest BCUT2D eigenvalue weighted by Crippen LogP contribution is -2.46. The average molecular weight is 299 g/mol. The van der Waals surface area contributed by atoms with Crippen LogP contribution in [0.4, 0.5) is 0 Å². The van der Waals surface area contributed by atoms with Crippen LogP contribution in [0, 0.1) is 0 Å². The van der Waals surface area contributed by atoms with Gasteiger partial charge in [0.05, 0.1) is 4.99 Å². The molecule has 1 amide bonds. The molecule has 1 rings (SSSR count). The van der Waals surface area contributed by atoms with Crippen LogP contribution >= 0.6 is 12.2 Å². The molecule has 0 unspecified atom stereocenters. The van der Waals surface area contributed by atoms with Crippen molar-refractivity contribution in [2.24, 2.45) is 5.73 Å². The summed E-state index contributed by atoms with van der Waals surface area (Å²) >= 11 is 4.92. The number of likely N-dealkylation sites (tertiary alicyclic amines) is 1. The van der Waals surface area contributed by atoms with E-state index in [9.17, 15) is 4.79 Å². The van der Waals surface area contributed by atoms with E-state index in [4.69, 9.17) is 18.0 Å². The molecule has 0 aromatic heterocycles. The lowest BCUT2D eigenvalue weighted by Gasteiger charge is -2.31. The molecule has 1 aliphatic heterocycles. The van der Waals surface area contributed by atoms with Crippen LogP contribution in [0.2, 0.25) is 0 Å². The fourth-order valence-corrected chi connectivity index (χ4v) is 2.83. The Morgan fingerprint density at radius 3 is 2.50 bits per heavy atom. The highest BCUT2D eigenvalue weighted by molar-refractivity contribution is 7.80. The standard InChI is InChI=1S/C15H29N3OS/c1-2-3-4-5-6-7-15(19)17-13-8-10-18(11-9-13)12-14(16)20/h13H,2-12H2,1H3,(H2,16,20)(H,17,19). The third kappa shape index (κ3) is 7.80. The summed E-state index contributed by atoms with van der Waals surface area (Å²) in [4.78, 5) is 14.7. The second-order valence-corrected chi connectivity index (χ2v) is 6.27. The van der Waals surface area contributed by atoms with Crippen LogP contribution in [0.1, 0.15) is 58.3 Å². The summed E-state index contributed by atoms with van der Waals surface area (Å²) in [5.41, 5.74) is 5.55. The van der Waals surface area contributed by atoms with Gasteiger partial charge in [-0.25, -0.2) is 0 Å². The van der Waals surface area contributed by atoms with E-state index in [-0.39, 0.29) is 5.91 Å². The lowest BCUT2D eigenvalue weighted by atomic mass is 10.0. The van der Waals surface area contributed by atoms with Gasteiger partial charge in [-0.1, -0.05) is 44.8 Å². The van der Waals surface area contributed by atoms with Crippen molar-refractivity contribution < 1.29 is 4.79 Å². The zero-order valence-corrected chi connectivity index (χ0v) is 13.5. The van der Waals surface area contributed by atoms with Crippen molar-refractivity contribution >= 4 is 23.1 Å². The topological polar surface area (TPSA) is 58.4 Å². The first-order chi connectivity index (χ1) is 9.61. The SMILES string of the molecule is CCCCCCCC(=O)NC1CCN(CC(N)=S)CC1. The van der Waals surface area contributed by atoms with Gasteiger partial charge in [-0.05, 0) is 19.3 Å². The smallest absolute Gasteiger partial charge is 0.220 e. The summed E-state index contributed by atoms with van der Waals surface area (Å²) in [6, 6.07) is 0.334. The molecule has 0 bridgehead atoms. The van der Waals surface area contributed by atoms with Crippen LogP contribution in [0.5, 0.6) is 0 Å². The van der Waals surface area contributed by atoms with Crippen molar-refractivity contribution in [3.05, 3.63) is 0 Å². The second kappa shape index (κ2) is 10.1. The number of thiocarbonyl (C=S) groups is 1. The molecule has 0 aromatic carbocycles. The predicted octanol–water partition coefficient (Wildman–Crippen LogP) is 2.21. The largest absolute Gasteiger partial charge is 0.392 e. The van der Waals surface area contributed by atoms with Gasteiger partial charge in [-0.3, -0.25) is 9.69 Å². The highest BCUT2D eigenvalue weighted by Crippen LogP contribution is 2.11. The van der Waals surface area contributed by atoms with Gasteiger partial charge in [0.15, 0.2) is 0 Å². The Morgan fingerprint density at radius 1 is 1.25 bits per heavy atom. The average Bonchev–Trinajstić information content (AvgIpc) is 2.40. The van der Waals surface area contributed by atoms with Crippen molar-refractivity contribution in [2.75, 3.05) is 19.6 Å². The van der Waals surface area contributed by atoms with E-state index < -0.39 is 0 Å². The molecule has 0 saturated carbocycles. The molecule has 1 aliphatic rings. The number of hydrogen-bond donors (Lipinski definition) is 2. The van der Waals surface area contributed by atoms with Gasteiger partial charge in [-0.15, -0.1) is 0 Å². The maximum Gasteiger partial charge on any atom is 0.220 e. The molecule has 0 aromatic rings. The number of nitrogens with zero attached hydrogens (tertiary/aromatic N) is 1. The van der Waals surface area contributed by atoms with Gasteiger partial charge in [0.1, 0.15) is 0 Å². The monoisotopic (exact) mass is 299 g/mol. The number of nitrogens with two attached hydrogens (primary N) is 1. The summed E-state index contributed by atoms with van der Waals surface area (Å²) in [6.45, 7) is 4.85. The van der Waals surface area contributed by atoms with Gasteiger partial charge in [0.25, 0.3) is 0 Å². The van der Waals surface area contributed by atoms with Crippen molar-refractivity contribution in [1.29, 1.82) is 0 Å². The summed E-state index contributed by atoms with van der Waals surface area (Å²) in [5, 5.41) is 3.15. The van der Waals surface area contributed by atoms with Gasteiger partial charge in [-0.2, -0.15) is 0 Å². The van der Waals surface area contributed by atoms with Crippen LogP contribution < -0.4 is 11.1 Å². The molecule has 1 heterocycles. The van der Waals surface area contributed by atoms with Crippen LogP contribution in [0.15, 0.2) is 0 Å². The molecule has 0 spiro atoms. The van der Waals surface area contributed by atoms with E-state index in [1.807, 2.05) is 0 Å². The van der Waals surface area contributed by atoms with Gasteiger partial charge >= 0.3 is 0 Å². The Labute approximate surface area is 128 Å².